The van der Waals surface area contributed by atoms with Gasteiger partial charge in [0.25, 0.3) is 0 Å². The van der Waals surface area contributed by atoms with Crippen molar-refractivity contribution in [2.24, 2.45) is 5.92 Å². The van der Waals surface area contributed by atoms with Gasteiger partial charge >= 0.3 is 12.1 Å². The topological polar surface area (TPSA) is 38.3 Å². The molecule has 16 heavy (non-hydrogen) atoms. The van der Waals surface area contributed by atoms with Crippen LogP contribution in [0.2, 0.25) is 0 Å². The van der Waals surface area contributed by atoms with E-state index in [-0.39, 0.29) is 25.9 Å². The lowest BCUT2D eigenvalue weighted by atomic mass is 9.90. The molecular formula is C10H16F3NO2. The Morgan fingerprint density at radius 1 is 1.50 bits per heavy atom. The molecule has 1 saturated heterocycles. The number of rotatable bonds is 3. The lowest BCUT2D eigenvalue weighted by Crippen LogP contribution is -2.43. The molecule has 0 aromatic rings. The molecule has 1 rings (SSSR count). The molecule has 1 fully saturated rings. The van der Waals surface area contributed by atoms with Gasteiger partial charge in [-0.1, -0.05) is 0 Å². The Morgan fingerprint density at radius 2 is 2.19 bits per heavy atom. The van der Waals surface area contributed by atoms with Crippen molar-refractivity contribution < 1.29 is 22.7 Å². The summed E-state index contributed by atoms with van der Waals surface area (Å²) < 4.78 is 42.1. The summed E-state index contributed by atoms with van der Waals surface area (Å²) in [5.41, 5.74) is 0. The highest BCUT2D eigenvalue weighted by Crippen LogP contribution is 2.34. The van der Waals surface area contributed by atoms with Crippen LogP contribution in [0.3, 0.4) is 0 Å². The summed E-state index contributed by atoms with van der Waals surface area (Å²) in [6.45, 7) is 2.23. The summed E-state index contributed by atoms with van der Waals surface area (Å²) in [5.74, 6) is -1.74. The normalized spacial score (nSPS) is 26.5. The molecule has 6 heteroatoms. The molecule has 3 nitrogen and oxygen atoms in total. The van der Waals surface area contributed by atoms with Gasteiger partial charge in [0.1, 0.15) is 0 Å². The fraction of sp³-hybridized carbons (Fsp3) is 0.900. The second-order valence-electron chi connectivity index (χ2n) is 3.92. The molecule has 0 bridgehead atoms. The van der Waals surface area contributed by atoms with Crippen LogP contribution >= 0.6 is 0 Å². The van der Waals surface area contributed by atoms with Crippen molar-refractivity contribution in [2.75, 3.05) is 13.2 Å². The second kappa shape index (κ2) is 5.52. The number of carbonyl (C=O) groups is 1. The van der Waals surface area contributed by atoms with Gasteiger partial charge < -0.3 is 10.1 Å². The van der Waals surface area contributed by atoms with Crippen LogP contribution in [0, 0.1) is 5.92 Å². The number of halogens is 3. The van der Waals surface area contributed by atoms with Gasteiger partial charge in [-0.05, 0) is 26.3 Å². The van der Waals surface area contributed by atoms with Gasteiger partial charge in [-0.2, -0.15) is 13.2 Å². The molecule has 1 aliphatic heterocycles. The largest absolute Gasteiger partial charge is 0.466 e. The van der Waals surface area contributed by atoms with Crippen LogP contribution in [-0.4, -0.2) is 31.3 Å². The molecule has 2 unspecified atom stereocenters. The van der Waals surface area contributed by atoms with Crippen LogP contribution in [0.15, 0.2) is 0 Å². The summed E-state index contributed by atoms with van der Waals surface area (Å²) in [4.78, 5) is 11.1. The van der Waals surface area contributed by atoms with Gasteiger partial charge in [0.15, 0.2) is 0 Å². The number of carbonyl (C=O) groups excluding carboxylic acids is 1. The number of esters is 1. The first-order valence-electron chi connectivity index (χ1n) is 5.39. The average Bonchev–Trinajstić information content (AvgIpc) is 2.17. The van der Waals surface area contributed by atoms with Crippen LogP contribution in [0.25, 0.3) is 0 Å². The molecule has 0 aromatic heterocycles. The fourth-order valence-corrected chi connectivity index (χ4v) is 1.88. The molecule has 0 saturated carbocycles. The van der Waals surface area contributed by atoms with E-state index >= 15 is 0 Å². The highest BCUT2D eigenvalue weighted by molar-refractivity contribution is 5.70. The molecular weight excluding hydrogens is 223 g/mol. The summed E-state index contributed by atoms with van der Waals surface area (Å²) >= 11 is 0. The average molecular weight is 239 g/mol. The van der Waals surface area contributed by atoms with Crippen LogP contribution in [-0.2, 0) is 9.53 Å². The Kier molecular flexibility index (Phi) is 4.58. The predicted molar refractivity (Wildman–Crippen MR) is 51.8 cm³/mol. The molecule has 0 aliphatic carbocycles. The predicted octanol–water partition coefficient (Wildman–Crippen LogP) is 1.87. The summed E-state index contributed by atoms with van der Waals surface area (Å²) in [6.07, 6.45) is -4.10. The first-order chi connectivity index (χ1) is 7.43. The Morgan fingerprint density at radius 3 is 2.75 bits per heavy atom. The van der Waals surface area contributed by atoms with Gasteiger partial charge in [-0.25, -0.2) is 0 Å². The molecule has 1 heterocycles. The third-order valence-corrected chi connectivity index (χ3v) is 2.68. The number of ether oxygens (including phenoxy) is 1. The lowest BCUT2D eigenvalue weighted by molar-refractivity contribution is -0.184. The van der Waals surface area contributed by atoms with Crippen molar-refractivity contribution in [2.45, 2.75) is 38.4 Å². The highest BCUT2D eigenvalue weighted by atomic mass is 19.4. The van der Waals surface area contributed by atoms with E-state index in [0.717, 1.165) is 0 Å². The summed E-state index contributed by atoms with van der Waals surface area (Å²) in [6, 6.07) is -0.417. The molecule has 0 radical (unpaired) electrons. The molecule has 0 aromatic carbocycles. The van der Waals surface area contributed by atoms with Crippen LogP contribution in [0.5, 0.6) is 0 Å². The van der Waals surface area contributed by atoms with E-state index < -0.39 is 24.1 Å². The van der Waals surface area contributed by atoms with E-state index in [1.807, 2.05) is 0 Å². The first-order valence-corrected chi connectivity index (χ1v) is 5.39. The third kappa shape index (κ3) is 4.00. The lowest BCUT2D eigenvalue weighted by Gasteiger charge is -2.31. The zero-order valence-electron chi connectivity index (χ0n) is 9.14. The maximum absolute atomic E-state index is 12.5. The van der Waals surface area contributed by atoms with Gasteiger partial charge in [-0.3, -0.25) is 4.79 Å². The van der Waals surface area contributed by atoms with Crippen molar-refractivity contribution >= 4 is 5.97 Å². The van der Waals surface area contributed by atoms with Crippen LogP contribution in [0.4, 0.5) is 13.2 Å². The molecule has 2 atom stereocenters. The quantitative estimate of drug-likeness (QED) is 0.764. The van der Waals surface area contributed by atoms with Crippen LogP contribution < -0.4 is 5.32 Å². The minimum atomic E-state index is -4.16. The molecule has 0 amide bonds. The zero-order chi connectivity index (χ0) is 12.2. The van der Waals surface area contributed by atoms with Crippen molar-refractivity contribution in [1.82, 2.24) is 5.32 Å². The number of alkyl halides is 3. The standard InChI is InChI=1S/C10H16F3NO2/c1-2-16-9(15)6-8-5-7(3-4-14-8)10(11,12)13/h7-8,14H,2-6H2,1H3. The van der Waals surface area contributed by atoms with E-state index in [9.17, 15) is 18.0 Å². The fourth-order valence-electron chi connectivity index (χ4n) is 1.88. The monoisotopic (exact) mass is 239 g/mol. The Hall–Kier alpha value is -0.780. The second-order valence-corrected chi connectivity index (χ2v) is 3.92. The number of hydrogen-bond donors (Lipinski definition) is 1. The smallest absolute Gasteiger partial charge is 0.391 e. The Labute approximate surface area is 92.3 Å². The summed E-state index contributed by atoms with van der Waals surface area (Å²) in [5, 5.41) is 2.91. The van der Waals surface area contributed by atoms with E-state index in [1.54, 1.807) is 6.92 Å². The van der Waals surface area contributed by atoms with Gasteiger partial charge in [0, 0.05) is 6.04 Å². The minimum Gasteiger partial charge on any atom is -0.466 e. The van der Waals surface area contributed by atoms with E-state index in [0.29, 0.717) is 6.54 Å². The molecule has 94 valence electrons. The molecule has 1 N–H and O–H groups in total. The number of hydrogen-bond acceptors (Lipinski definition) is 3. The molecule has 0 spiro atoms. The van der Waals surface area contributed by atoms with Gasteiger partial charge in [-0.15, -0.1) is 0 Å². The van der Waals surface area contributed by atoms with E-state index in [1.165, 1.54) is 0 Å². The van der Waals surface area contributed by atoms with E-state index in [2.05, 4.69) is 5.32 Å². The van der Waals surface area contributed by atoms with Crippen LogP contribution in [0.1, 0.15) is 26.2 Å². The van der Waals surface area contributed by atoms with Gasteiger partial charge in [0.2, 0.25) is 0 Å². The number of nitrogens with one attached hydrogen (secondary N) is 1. The van der Waals surface area contributed by atoms with Gasteiger partial charge in [0.05, 0.1) is 18.9 Å². The van der Waals surface area contributed by atoms with Crippen molar-refractivity contribution in [3.8, 4) is 0 Å². The highest BCUT2D eigenvalue weighted by Gasteiger charge is 2.42. The summed E-state index contributed by atoms with van der Waals surface area (Å²) in [7, 11) is 0. The zero-order valence-corrected chi connectivity index (χ0v) is 9.14. The van der Waals surface area contributed by atoms with Crippen molar-refractivity contribution in [3.05, 3.63) is 0 Å². The SMILES string of the molecule is CCOC(=O)CC1CC(C(F)(F)F)CCN1. The first kappa shape index (κ1) is 13.3. The number of piperidine rings is 1. The minimum absolute atomic E-state index is 0.0143. The van der Waals surface area contributed by atoms with Crippen molar-refractivity contribution in [3.63, 3.8) is 0 Å². The Bertz CT molecular complexity index is 243. The maximum Gasteiger partial charge on any atom is 0.391 e. The molecule has 1 aliphatic rings. The van der Waals surface area contributed by atoms with Crippen molar-refractivity contribution in [1.29, 1.82) is 0 Å². The Balaban J connectivity index is 2.42. The van der Waals surface area contributed by atoms with E-state index in [4.69, 9.17) is 4.74 Å². The maximum atomic E-state index is 12.5. The third-order valence-electron chi connectivity index (χ3n) is 2.68.